The van der Waals surface area contributed by atoms with E-state index >= 15 is 0 Å². The van der Waals surface area contributed by atoms with Crippen LogP contribution < -0.4 is 0 Å². The Morgan fingerprint density at radius 3 is 2.24 bits per heavy atom. The fraction of sp³-hybridized carbons (Fsp3) is 0.405. The Morgan fingerprint density at radius 1 is 0.919 bits per heavy atom. The van der Waals surface area contributed by atoms with E-state index in [4.69, 9.17) is 13.2 Å². The molecule has 7 atom stereocenters. The molecule has 7 unspecified atom stereocenters. The predicted octanol–water partition coefficient (Wildman–Crippen LogP) is 10.2. The highest BCUT2D eigenvalue weighted by atomic mass is 14.5. The fourth-order valence-electron chi connectivity index (χ4n) is 8.14. The Morgan fingerprint density at radius 2 is 1.59 bits per heavy atom. The average Bonchev–Trinajstić information content (AvgIpc) is 3.12. The molecule has 0 radical (unpaired) electrons. The van der Waals surface area contributed by atoms with Crippen LogP contribution in [0.4, 0.5) is 0 Å². The van der Waals surface area contributed by atoms with Gasteiger partial charge < -0.3 is 0 Å². The fourth-order valence-corrected chi connectivity index (χ4v) is 8.14. The van der Waals surface area contributed by atoms with E-state index in [-0.39, 0.29) is 0 Å². The molecule has 0 heterocycles. The van der Waals surface area contributed by atoms with Gasteiger partial charge in [-0.1, -0.05) is 128 Å². The molecule has 5 rings (SSSR count). The van der Waals surface area contributed by atoms with Gasteiger partial charge in [0.2, 0.25) is 0 Å². The van der Waals surface area contributed by atoms with Crippen LogP contribution in [0, 0.1) is 30.6 Å². The van der Waals surface area contributed by atoms with E-state index < -0.39 is 0 Å². The van der Waals surface area contributed by atoms with Crippen LogP contribution in [0.2, 0.25) is 0 Å². The summed E-state index contributed by atoms with van der Waals surface area (Å²) in [5, 5.41) is 0. The summed E-state index contributed by atoms with van der Waals surface area (Å²) in [4.78, 5) is 0. The Kier molecular flexibility index (Phi) is 7.06. The summed E-state index contributed by atoms with van der Waals surface area (Å²) in [6.07, 6.45) is 6.80. The van der Waals surface area contributed by atoms with Crippen LogP contribution in [-0.4, -0.2) is 0 Å². The zero-order valence-corrected chi connectivity index (χ0v) is 23.4. The maximum Gasteiger partial charge on any atom is 0.0126 e. The Labute approximate surface area is 225 Å². The van der Waals surface area contributed by atoms with Gasteiger partial charge in [0.05, 0.1) is 0 Å². The molecule has 0 spiro atoms. The molecule has 2 aromatic carbocycles. The molecule has 3 aliphatic carbocycles. The highest BCUT2D eigenvalue weighted by Crippen LogP contribution is 2.63. The van der Waals surface area contributed by atoms with Crippen molar-refractivity contribution >= 4 is 0 Å². The minimum atomic E-state index is 0.306. The van der Waals surface area contributed by atoms with Gasteiger partial charge in [-0.05, 0) is 73.5 Å². The van der Waals surface area contributed by atoms with Crippen molar-refractivity contribution in [2.24, 2.45) is 23.7 Å². The zero-order valence-electron chi connectivity index (χ0n) is 23.4. The first kappa shape index (κ1) is 25.8. The van der Waals surface area contributed by atoms with Crippen molar-refractivity contribution in [1.29, 1.82) is 0 Å². The third-order valence-corrected chi connectivity index (χ3v) is 9.49. The van der Waals surface area contributed by atoms with Crippen LogP contribution in [0.5, 0.6) is 0 Å². The van der Waals surface area contributed by atoms with Crippen molar-refractivity contribution in [1.82, 2.24) is 0 Å². The van der Waals surface area contributed by atoms with E-state index in [9.17, 15) is 0 Å². The number of rotatable bonds is 6. The molecule has 1 saturated carbocycles. The number of hydrogen-bond acceptors (Lipinski definition) is 0. The van der Waals surface area contributed by atoms with Gasteiger partial charge in [-0.2, -0.15) is 0 Å². The third kappa shape index (κ3) is 4.43. The highest BCUT2D eigenvalue weighted by molar-refractivity contribution is 5.54. The number of hydrogen-bond donors (Lipinski definition) is 0. The summed E-state index contributed by atoms with van der Waals surface area (Å²) in [6.45, 7) is 27.8. The van der Waals surface area contributed by atoms with Gasteiger partial charge in [0, 0.05) is 17.8 Å². The first-order valence-corrected chi connectivity index (χ1v) is 14.3. The molecule has 0 heteroatoms. The summed E-state index contributed by atoms with van der Waals surface area (Å²) in [6, 6.07) is 18.4. The lowest BCUT2D eigenvalue weighted by Crippen LogP contribution is -2.34. The van der Waals surface area contributed by atoms with E-state index in [0.29, 0.717) is 41.4 Å². The van der Waals surface area contributed by atoms with Gasteiger partial charge in [-0.3, -0.25) is 0 Å². The lowest BCUT2D eigenvalue weighted by molar-refractivity contribution is 0.308. The molecule has 0 saturated heterocycles. The first-order chi connectivity index (χ1) is 17.7. The predicted molar refractivity (Wildman–Crippen MR) is 160 cm³/mol. The second-order valence-corrected chi connectivity index (χ2v) is 12.3. The van der Waals surface area contributed by atoms with E-state index in [0.717, 1.165) is 25.7 Å². The lowest BCUT2D eigenvalue weighted by atomic mass is 9.59. The van der Waals surface area contributed by atoms with Crippen molar-refractivity contribution in [3.8, 4) is 0 Å². The van der Waals surface area contributed by atoms with Gasteiger partial charge in [0.1, 0.15) is 0 Å². The van der Waals surface area contributed by atoms with Crippen molar-refractivity contribution in [2.45, 2.75) is 71.1 Å². The van der Waals surface area contributed by atoms with Gasteiger partial charge in [-0.15, -0.1) is 6.58 Å². The van der Waals surface area contributed by atoms with Crippen molar-refractivity contribution in [3.05, 3.63) is 131 Å². The van der Waals surface area contributed by atoms with Gasteiger partial charge in [0.25, 0.3) is 0 Å². The molecule has 0 nitrogen and oxygen atoms in total. The molecule has 0 amide bonds. The van der Waals surface area contributed by atoms with Crippen LogP contribution >= 0.6 is 0 Å². The first-order valence-electron chi connectivity index (χ1n) is 14.3. The third-order valence-electron chi connectivity index (χ3n) is 9.49. The highest BCUT2D eigenvalue weighted by Gasteiger charge is 2.51. The van der Waals surface area contributed by atoms with Gasteiger partial charge >= 0.3 is 0 Å². The smallest absolute Gasteiger partial charge is 0.0126 e. The molecule has 3 aliphatic rings. The van der Waals surface area contributed by atoms with Crippen molar-refractivity contribution in [2.75, 3.05) is 0 Å². The molecular weight excluding hydrogens is 444 g/mol. The zero-order chi connectivity index (χ0) is 26.4. The van der Waals surface area contributed by atoms with E-state index in [1.54, 1.807) is 0 Å². The molecule has 37 heavy (non-hydrogen) atoms. The van der Waals surface area contributed by atoms with E-state index in [1.807, 2.05) is 0 Å². The summed E-state index contributed by atoms with van der Waals surface area (Å²) in [5.74, 6) is 2.67. The SMILES string of the molecule is C=C(C)CC1c2ccccc2C2C(=C)C3C(=CC(C)C(C(=C)CCC)C3c3ccc(C)cc3)CC(=C)C12. The summed E-state index contributed by atoms with van der Waals surface area (Å²) >= 11 is 0. The van der Waals surface area contributed by atoms with Crippen LogP contribution in [-0.2, 0) is 0 Å². The lowest BCUT2D eigenvalue weighted by Gasteiger charge is -2.44. The van der Waals surface area contributed by atoms with Crippen LogP contribution in [0.3, 0.4) is 0 Å². The second kappa shape index (κ2) is 10.1. The normalized spacial score (nSPS) is 30.6. The molecule has 1 fully saturated rings. The molecule has 2 aromatic rings. The molecule has 0 bridgehead atoms. The molecule has 0 N–H and O–H groups in total. The summed E-state index contributed by atoms with van der Waals surface area (Å²) < 4.78 is 0. The Bertz CT molecular complexity index is 1270. The number of aryl methyl sites for hydroxylation is 1. The second-order valence-electron chi connectivity index (χ2n) is 12.3. The Hall–Kier alpha value is -2.86. The largest absolute Gasteiger partial charge is 0.100 e. The van der Waals surface area contributed by atoms with E-state index in [2.05, 4.69) is 95.5 Å². The quantitative estimate of drug-likeness (QED) is 0.355. The molecule has 192 valence electrons. The molecule has 0 aromatic heterocycles. The minimum absolute atomic E-state index is 0.306. The number of allylic oxidation sites excluding steroid dienone is 6. The van der Waals surface area contributed by atoms with Crippen LogP contribution in [0.25, 0.3) is 0 Å². The molecule has 0 aliphatic heterocycles. The maximum absolute atomic E-state index is 4.97. The van der Waals surface area contributed by atoms with E-state index in [1.165, 1.54) is 50.1 Å². The van der Waals surface area contributed by atoms with Crippen LogP contribution in [0.1, 0.15) is 86.5 Å². The van der Waals surface area contributed by atoms with Crippen molar-refractivity contribution < 1.29 is 0 Å². The molecular formula is C37H44. The topological polar surface area (TPSA) is 0 Å². The Balaban J connectivity index is 1.68. The number of fused-ring (bicyclic) bond motifs is 4. The van der Waals surface area contributed by atoms with Crippen LogP contribution in [0.15, 0.2) is 109 Å². The maximum atomic E-state index is 4.97. The monoisotopic (exact) mass is 488 g/mol. The van der Waals surface area contributed by atoms with Gasteiger partial charge in [-0.25, -0.2) is 0 Å². The summed E-state index contributed by atoms with van der Waals surface area (Å²) in [5.41, 5.74) is 12.7. The number of benzene rings is 2. The minimum Gasteiger partial charge on any atom is -0.100 e. The van der Waals surface area contributed by atoms with Gasteiger partial charge in [0.15, 0.2) is 0 Å². The average molecular weight is 489 g/mol. The summed E-state index contributed by atoms with van der Waals surface area (Å²) in [7, 11) is 0. The van der Waals surface area contributed by atoms with Crippen molar-refractivity contribution in [3.63, 3.8) is 0 Å². The standard InChI is InChI=1S/C37H44/c1-9-12-24(5)33-25(6)20-29-21-26(7)34-32(19-22(2)3)30-13-10-11-14-31(30)36(34)27(8)35(29)37(33)28-17-15-23(4)16-18-28/h10-11,13-18,20,25,32-37H,2,5,7-9,12,19,21H2,1,3-4,6H3.